The largest absolute Gasteiger partial charge is 0.476 e. The number of carboxylic acid groups (broad SMARTS) is 1. The van der Waals surface area contributed by atoms with E-state index in [-0.39, 0.29) is 23.6 Å². The van der Waals surface area contributed by atoms with Crippen molar-refractivity contribution in [2.24, 2.45) is 0 Å². The standard InChI is InChI=1S/C8H9N5O5S/c1-19(17,18)3-2-13-8(16)12-4-9-5(7(14)15)6(12)10-11-13/h4H,2-3H2,1H3,(H,14,15). The maximum atomic E-state index is 11.9. The number of fused-ring (bicyclic) bond motifs is 1. The van der Waals surface area contributed by atoms with Crippen molar-refractivity contribution < 1.29 is 18.3 Å². The van der Waals surface area contributed by atoms with Crippen LogP contribution < -0.4 is 5.69 Å². The summed E-state index contributed by atoms with van der Waals surface area (Å²) >= 11 is 0. The Bertz CT molecular complexity index is 805. The van der Waals surface area contributed by atoms with E-state index >= 15 is 0 Å². The fourth-order valence-electron chi connectivity index (χ4n) is 1.38. The molecule has 0 amide bonds. The second-order valence-corrected chi connectivity index (χ2v) is 6.08. The first-order valence-corrected chi connectivity index (χ1v) is 7.07. The summed E-state index contributed by atoms with van der Waals surface area (Å²) in [5.74, 6) is -1.60. The van der Waals surface area contributed by atoms with Crippen molar-refractivity contribution in [1.82, 2.24) is 24.4 Å². The van der Waals surface area contributed by atoms with Crippen LogP contribution in [0.2, 0.25) is 0 Å². The minimum absolute atomic E-state index is 0.165. The molecule has 0 saturated heterocycles. The zero-order valence-electron chi connectivity index (χ0n) is 9.72. The average Bonchev–Trinajstić information content (AvgIpc) is 2.71. The number of nitrogens with zero attached hydrogens (tertiary/aromatic N) is 5. The molecule has 0 radical (unpaired) electrons. The molecule has 1 N–H and O–H groups in total. The van der Waals surface area contributed by atoms with Gasteiger partial charge in [0.25, 0.3) is 0 Å². The van der Waals surface area contributed by atoms with E-state index < -0.39 is 21.5 Å². The molecule has 11 heteroatoms. The molecule has 0 spiro atoms. The maximum absolute atomic E-state index is 11.9. The molecule has 2 heterocycles. The Labute approximate surface area is 106 Å². The number of aromatic nitrogens is 5. The average molecular weight is 287 g/mol. The molecule has 2 aromatic heterocycles. The van der Waals surface area contributed by atoms with Gasteiger partial charge >= 0.3 is 11.7 Å². The fourth-order valence-corrected chi connectivity index (χ4v) is 1.88. The number of hydrogen-bond donors (Lipinski definition) is 1. The van der Waals surface area contributed by atoms with Gasteiger partial charge in [-0.05, 0) is 0 Å². The van der Waals surface area contributed by atoms with Crippen molar-refractivity contribution >= 4 is 21.5 Å². The van der Waals surface area contributed by atoms with Gasteiger partial charge in [-0.1, -0.05) is 5.21 Å². The molecule has 19 heavy (non-hydrogen) atoms. The first-order valence-electron chi connectivity index (χ1n) is 5.01. The quantitative estimate of drug-likeness (QED) is 0.683. The van der Waals surface area contributed by atoms with Gasteiger partial charge in [0.2, 0.25) is 0 Å². The molecule has 2 rings (SSSR count). The molecule has 2 aromatic rings. The van der Waals surface area contributed by atoms with Gasteiger partial charge in [-0.3, -0.25) is 0 Å². The second-order valence-electron chi connectivity index (χ2n) is 3.82. The summed E-state index contributed by atoms with van der Waals surface area (Å²) in [5, 5.41) is 15.9. The van der Waals surface area contributed by atoms with E-state index in [1.54, 1.807) is 0 Å². The number of imidazole rings is 1. The Morgan fingerprint density at radius 3 is 2.74 bits per heavy atom. The Kier molecular flexibility index (Phi) is 3.06. The van der Waals surface area contributed by atoms with Crippen LogP contribution in [-0.4, -0.2) is 55.9 Å². The lowest BCUT2D eigenvalue weighted by atomic mass is 10.5. The van der Waals surface area contributed by atoms with Gasteiger partial charge in [0.1, 0.15) is 16.2 Å². The van der Waals surface area contributed by atoms with Crippen LogP contribution in [0.3, 0.4) is 0 Å². The molecule has 0 fully saturated rings. The predicted molar refractivity (Wildman–Crippen MR) is 61.7 cm³/mol. The van der Waals surface area contributed by atoms with Gasteiger partial charge in [0, 0.05) is 6.26 Å². The highest BCUT2D eigenvalue weighted by Crippen LogP contribution is 2.01. The van der Waals surface area contributed by atoms with Crippen LogP contribution in [0.1, 0.15) is 10.5 Å². The van der Waals surface area contributed by atoms with Gasteiger partial charge in [-0.2, -0.15) is 4.68 Å². The minimum atomic E-state index is -3.25. The van der Waals surface area contributed by atoms with E-state index in [0.29, 0.717) is 0 Å². The van der Waals surface area contributed by atoms with Gasteiger partial charge in [-0.15, -0.1) is 5.10 Å². The zero-order valence-corrected chi connectivity index (χ0v) is 10.5. The highest BCUT2D eigenvalue weighted by atomic mass is 32.2. The van der Waals surface area contributed by atoms with Gasteiger partial charge in [0.05, 0.1) is 12.3 Å². The highest BCUT2D eigenvalue weighted by Gasteiger charge is 2.16. The van der Waals surface area contributed by atoms with Crippen LogP contribution in [0, 0.1) is 0 Å². The van der Waals surface area contributed by atoms with Crippen LogP contribution in [0.5, 0.6) is 0 Å². The monoisotopic (exact) mass is 287 g/mol. The van der Waals surface area contributed by atoms with E-state index in [2.05, 4.69) is 15.3 Å². The van der Waals surface area contributed by atoms with E-state index in [1.165, 1.54) is 0 Å². The Morgan fingerprint density at radius 2 is 2.16 bits per heavy atom. The third-order valence-electron chi connectivity index (χ3n) is 2.29. The lowest BCUT2D eigenvalue weighted by molar-refractivity contribution is 0.0693. The topological polar surface area (TPSA) is 137 Å². The summed E-state index contributed by atoms with van der Waals surface area (Å²) < 4.78 is 23.8. The number of rotatable bonds is 4. The molecule has 0 bridgehead atoms. The lowest BCUT2D eigenvalue weighted by Crippen LogP contribution is -2.32. The van der Waals surface area contributed by atoms with Crippen molar-refractivity contribution in [3.63, 3.8) is 0 Å². The smallest absolute Gasteiger partial charge is 0.358 e. The zero-order chi connectivity index (χ0) is 14.2. The molecule has 0 aliphatic carbocycles. The van der Waals surface area contributed by atoms with Crippen molar-refractivity contribution in [1.29, 1.82) is 0 Å². The molecule has 0 atom stereocenters. The van der Waals surface area contributed by atoms with E-state index in [0.717, 1.165) is 21.7 Å². The Hall–Kier alpha value is -2.30. The molecule has 102 valence electrons. The van der Waals surface area contributed by atoms with E-state index in [4.69, 9.17) is 5.11 Å². The van der Waals surface area contributed by atoms with Gasteiger partial charge in [0.15, 0.2) is 11.3 Å². The van der Waals surface area contributed by atoms with Crippen molar-refractivity contribution in [2.45, 2.75) is 6.54 Å². The third kappa shape index (κ3) is 2.59. The van der Waals surface area contributed by atoms with Gasteiger partial charge < -0.3 is 5.11 Å². The SMILES string of the molecule is CS(=O)(=O)CCn1nnc2c(C(=O)O)ncn2c1=O. The Balaban J connectivity index is 2.48. The molecule has 10 nitrogen and oxygen atoms in total. The number of aromatic carboxylic acids is 1. The normalized spacial score (nSPS) is 11.8. The number of carboxylic acids is 1. The number of aryl methyl sites for hydroxylation is 1. The van der Waals surface area contributed by atoms with Crippen molar-refractivity contribution in [3.8, 4) is 0 Å². The molecule has 0 unspecified atom stereocenters. The first kappa shape index (κ1) is 13.1. The summed E-state index contributed by atoms with van der Waals surface area (Å²) in [6.45, 7) is -0.165. The van der Waals surface area contributed by atoms with Gasteiger partial charge in [-0.25, -0.2) is 27.4 Å². The fraction of sp³-hybridized carbons (Fsp3) is 0.375. The van der Waals surface area contributed by atoms with Crippen LogP contribution in [0.4, 0.5) is 0 Å². The highest BCUT2D eigenvalue weighted by molar-refractivity contribution is 7.90. The maximum Gasteiger partial charge on any atom is 0.358 e. The molecule has 0 aliphatic heterocycles. The van der Waals surface area contributed by atoms with Crippen LogP contribution in [0.15, 0.2) is 11.1 Å². The van der Waals surface area contributed by atoms with Crippen molar-refractivity contribution in [2.75, 3.05) is 12.0 Å². The van der Waals surface area contributed by atoms with Crippen LogP contribution >= 0.6 is 0 Å². The second kappa shape index (κ2) is 4.42. The summed E-state index contributed by atoms with van der Waals surface area (Å²) in [4.78, 5) is 26.2. The third-order valence-corrected chi connectivity index (χ3v) is 3.22. The number of hydrogen-bond acceptors (Lipinski definition) is 7. The molecular formula is C8H9N5O5S. The summed E-state index contributed by atoms with van der Waals surface area (Å²) in [6, 6.07) is 0. The van der Waals surface area contributed by atoms with Crippen molar-refractivity contribution in [3.05, 3.63) is 22.5 Å². The van der Waals surface area contributed by atoms with Crippen LogP contribution in [0.25, 0.3) is 5.65 Å². The van der Waals surface area contributed by atoms with E-state index in [9.17, 15) is 18.0 Å². The number of carbonyl (C=O) groups is 1. The predicted octanol–water partition coefficient (Wildman–Crippen LogP) is -1.97. The summed E-state index contributed by atoms with van der Waals surface area (Å²) in [5.41, 5.74) is -1.28. The molecule has 0 aliphatic rings. The molecule has 0 aromatic carbocycles. The summed E-state index contributed by atoms with van der Waals surface area (Å²) in [6.07, 6.45) is 2.04. The Morgan fingerprint density at radius 1 is 1.47 bits per heavy atom. The van der Waals surface area contributed by atoms with E-state index in [1.807, 2.05) is 0 Å². The minimum Gasteiger partial charge on any atom is -0.476 e. The lowest BCUT2D eigenvalue weighted by Gasteiger charge is -2.02. The van der Waals surface area contributed by atoms with Crippen LogP contribution in [-0.2, 0) is 16.4 Å². The summed E-state index contributed by atoms with van der Waals surface area (Å²) in [7, 11) is -3.25. The number of sulfone groups is 1. The first-order chi connectivity index (χ1) is 8.79. The molecular weight excluding hydrogens is 278 g/mol. The molecule has 0 saturated carbocycles.